The van der Waals surface area contributed by atoms with E-state index in [1.807, 2.05) is 24.4 Å². The first kappa shape index (κ1) is 27.6. The molecule has 0 fully saturated rings. The van der Waals surface area contributed by atoms with Crippen LogP contribution in [0.25, 0.3) is 11.0 Å². The summed E-state index contributed by atoms with van der Waals surface area (Å²) in [6, 6.07) is 7.59. The Morgan fingerprint density at radius 1 is 1.00 bits per heavy atom. The molecule has 1 aliphatic carbocycles. The monoisotopic (exact) mass is 569 g/mol. The van der Waals surface area contributed by atoms with E-state index in [9.17, 15) is 18.0 Å². The Morgan fingerprint density at radius 2 is 1.80 bits per heavy atom. The van der Waals surface area contributed by atoms with Gasteiger partial charge in [0.1, 0.15) is 22.9 Å². The van der Waals surface area contributed by atoms with Crippen LogP contribution in [0.4, 0.5) is 23.8 Å². The molecule has 0 saturated heterocycles. The minimum Gasteiger partial charge on any atom is -0.415 e. The number of alkyl halides is 3. The summed E-state index contributed by atoms with van der Waals surface area (Å²) in [5, 5.41) is 1.44. The molecular weight excluding hydrogens is 543 g/mol. The number of hydrogen-bond acceptors (Lipinski definition) is 5. The molecule has 0 saturated carbocycles. The number of amides is 1. The predicted molar refractivity (Wildman–Crippen MR) is 146 cm³/mol. The molecule has 4 heterocycles. The summed E-state index contributed by atoms with van der Waals surface area (Å²) >= 11 is 6.12. The summed E-state index contributed by atoms with van der Waals surface area (Å²) in [6.07, 6.45) is 9.14. The van der Waals surface area contributed by atoms with Gasteiger partial charge in [-0.15, -0.1) is 0 Å². The molecule has 4 aromatic heterocycles. The first-order chi connectivity index (χ1) is 19.3. The lowest BCUT2D eigenvalue weighted by molar-refractivity contribution is -0.141. The van der Waals surface area contributed by atoms with Crippen LogP contribution in [0.15, 0.2) is 67.0 Å². The maximum Gasteiger partial charge on any atom is 0.433 e. The molecule has 0 atom stereocenters. The Hall–Kier alpha value is -3.92. The number of H-pyrrole nitrogens is 1. The number of rotatable bonds is 6. The van der Waals surface area contributed by atoms with Crippen molar-refractivity contribution in [2.45, 2.75) is 57.7 Å². The lowest BCUT2D eigenvalue weighted by atomic mass is 10.1. The van der Waals surface area contributed by atoms with Gasteiger partial charge >= 0.3 is 12.3 Å². The number of nitrogens with one attached hydrogen (secondary N) is 1. The molecular formula is C29H27ClF3N5O2. The Labute approximate surface area is 234 Å². The van der Waals surface area contributed by atoms with Gasteiger partial charge in [-0.1, -0.05) is 36.6 Å². The number of allylic oxidation sites excluding steroid dienone is 2. The van der Waals surface area contributed by atoms with Crippen LogP contribution in [0.1, 0.15) is 60.9 Å². The van der Waals surface area contributed by atoms with E-state index < -0.39 is 18.0 Å². The molecule has 7 nitrogen and oxygen atoms in total. The average Bonchev–Trinajstić information content (AvgIpc) is 3.30. The fourth-order valence-electron chi connectivity index (χ4n) is 4.61. The smallest absolute Gasteiger partial charge is 0.415 e. The number of pyridine rings is 3. The standard InChI is InChI=1S/C29H27ClF3N5O2/c30-22-13-24-21(16-36-27(24)37-17-22)12-19-9-11-26(35-14-19)38(18-20-8-10-25(34-15-20)29(31,32)33)28(39)40-23-6-4-2-1-3-5-7-23/h6,8-11,13-17H,1-5,7,12,18H2,(H,36,37)/b23-6-. The SMILES string of the molecule is O=C(O/C1=C\CCCCCC1)N(Cc1ccc(C(F)(F)F)nc1)c1ccc(Cc2c[nH]c3ncc(Cl)cc23)cn1. The van der Waals surface area contributed by atoms with Gasteiger partial charge in [-0.05, 0) is 60.2 Å². The summed E-state index contributed by atoms with van der Waals surface area (Å²) in [7, 11) is 0. The number of anilines is 1. The van der Waals surface area contributed by atoms with E-state index in [2.05, 4.69) is 19.9 Å². The quantitative estimate of drug-likeness (QED) is 0.254. The highest BCUT2D eigenvalue weighted by molar-refractivity contribution is 6.31. The van der Waals surface area contributed by atoms with Crippen LogP contribution in [0.2, 0.25) is 5.02 Å². The number of carbonyl (C=O) groups excluding carboxylic acids is 1. The molecule has 0 spiro atoms. The van der Waals surface area contributed by atoms with Crippen molar-refractivity contribution in [2.75, 3.05) is 4.90 Å². The Morgan fingerprint density at radius 3 is 2.55 bits per heavy atom. The number of hydrogen-bond donors (Lipinski definition) is 1. The fraction of sp³-hybridized carbons (Fsp3) is 0.310. The lowest BCUT2D eigenvalue weighted by Crippen LogP contribution is -2.32. The lowest BCUT2D eigenvalue weighted by Gasteiger charge is -2.23. The highest BCUT2D eigenvalue weighted by atomic mass is 35.5. The zero-order valence-electron chi connectivity index (χ0n) is 21.5. The van der Waals surface area contributed by atoms with Gasteiger partial charge in [0.25, 0.3) is 0 Å². The van der Waals surface area contributed by atoms with Crippen LogP contribution in [-0.4, -0.2) is 26.0 Å². The van der Waals surface area contributed by atoms with Gasteiger partial charge < -0.3 is 9.72 Å². The number of aromatic nitrogens is 4. The third kappa shape index (κ3) is 6.80. The molecule has 5 rings (SSSR count). The molecule has 4 aromatic rings. The third-order valence-corrected chi connectivity index (χ3v) is 6.91. The van der Waals surface area contributed by atoms with Gasteiger partial charge in [-0.2, -0.15) is 13.2 Å². The molecule has 1 aliphatic rings. The number of fused-ring (bicyclic) bond motifs is 1. The van der Waals surface area contributed by atoms with E-state index in [4.69, 9.17) is 16.3 Å². The van der Waals surface area contributed by atoms with Crippen molar-refractivity contribution in [3.05, 3.63) is 94.4 Å². The fourth-order valence-corrected chi connectivity index (χ4v) is 4.77. The zero-order valence-corrected chi connectivity index (χ0v) is 22.3. The number of nitrogens with zero attached hydrogens (tertiary/aromatic N) is 4. The normalized spacial score (nSPS) is 15.7. The molecule has 208 valence electrons. The van der Waals surface area contributed by atoms with Gasteiger partial charge in [0.2, 0.25) is 0 Å². The molecule has 1 amide bonds. The summed E-state index contributed by atoms with van der Waals surface area (Å²) in [4.78, 5) is 30.1. The van der Waals surface area contributed by atoms with Crippen molar-refractivity contribution in [1.29, 1.82) is 0 Å². The van der Waals surface area contributed by atoms with Gasteiger partial charge in [-0.25, -0.2) is 14.8 Å². The topological polar surface area (TPSA) is 84.0 Å². The van der Waals surface area contributed by atoms with Crippen molar-refractivity contribution in [3.8, 4) is 0 Å². The van der Waals surface area contributed by atoms with Crippen LogP contribution >= 0.6 is 11.6 Å². The number of aromatic amines is 1. The van der Waals surface area contributed by atoms with Crippen molar-refractivity contribution >= 4 is 34.5 Å². The van der Waals surface area contributed by atoms with E-state index in [1.165, 1.54) is 11.0 Å². The number of ether oxygens (including phenoxy) is 1. The Kier molecular flexibility index (Phi) is 8.35. The van der Waals surface area contributed by atoms with Crippen LogP contribution < -0.4 is 4.90 Å². The van der Waals surface area contributed by atoms with Crippen molar-refractivity contribution in [3.63, 3.8) is 0 Å². The Balaban J connectivity index is 1.38. The first-order valence-corrected chi connectivity index (χ1v) is 13.4. The average molecular weight is 570 g/mol. The van der Waals surface area contributed by atoms with Crippen molar-refractivity contribution < 1.29 is 22.7 Å². The molecule has 0 bridgehead atoms. The van der Waals surface area contributed by atoms with E-state index in [0.29, 0.717) is 35.0 Å². The highest BCUT2D eigenvalue weighted by Gasteiger charge is 2.32. The predicted octanol–water partition coefficient (Wildman–Crippen LogP) is 8.00. The van der Waals surface area contributed by atoms with E-state index in [1.54, 1.807) is 18.5 Å². The van der Waals surface area contributed by atoms with Gasteiger partial charge in [0.15, 0.2) is 0 Å². The van der Waals surface area contributed by atoms with Crippen LogP contribution in [0.3, 0.4) is 0 Å². The van der Waals surface area contributed by atoms with Crippen molar-refractivity contribution in [2.24, 2.45) is 0 Å². The molecule has 11 heteroatoms. The molecule has 40 heavy (non-hydrogen) atoms. The van der Waals surface area contributed by atoms with E-state index >= 15 is 0 Å². The molecule has 0 unspecified atom stereocenters. The summed E-state index contributed by atoms with van der Waals surface area (Å²) in [5.74, 6) is 0.909. The van der Waals surface area contributed by atoms with Crippen LogP contribution in [0, 0.1) is 0 Å². The van der Waals surface area contributed by atoms with Crippen molar-refractivity contribution in [1.82, 2.24) is 19.9 Å². The largest absolute Gasteiger partial charge is 0.433 e. The molecule has 1 N–H and O–H groups in total. The highest BCUT2D eigenvalue weighted by Crippen LogP contribution is 2.28. The van der Waals surface area contributed by atoms with Crippen LogP contribution in [-0.2, 0) is 23.9 Å². The first-order valence-electron chi connectivity index (χ1n) is 13.0. The van der Waals surface area contributed by atoms with Gasteiger partial charge in [0.05, 0.1) is 11.6 Å². The van der Waals surface area contributed by atoms with Gasteiger partial charge in [-0.3, -0.25) is 9.88 Å². The number of carbonyl (C=O) groups is 1. The summed E-state index contributed by atoms with van der Waals surface area (Å²) in [5.41, 5.74) is 2.01. The second kappa shape index (κ2) is 12.1. The Bertz CT molecular complexity index is 1500. The molecule has 0 aliphatic heterocycles. The summed E-state index contributed by atoms with van der Waals surface area (Å²) < 4.78 is 44.8. The third-order valence-electron chi connectivity index (χ3n) is 6.71. The zero-order chi connectivity index (χ0) is 28.1. The maximum absolute atomic E-state index is 13.4. The minimum atomic E-state index is -4.55. The maximum atomic E-state index is 13.4. The summed E-state index contributed by atoms with van der Waals surface area (Å²) in [6.45, 7) is -0.0593. The molecule has 0 aromatic carbocycles. The minimum absolute atomic E-state index is 0.0593. The van der Waals surface area contributed by atoms with E-state index in [0.717, 1.165) is 66.5 Å². The van der Waals surface area contributed by atoms with Crippen LogP contribution in [0.5, 0.6) is 0 Å². The molecule has 0 radical (unpaired) electrons. The van der Waals surface area contributed by atoms with Gasteiger partial charge in [0, 0.05) is 43.0 Å². The number of halogens is 4. The second-order valence-corrected chi connectivity index (χ2v) is 10.1. The van der Waals surface area contributed by atoms with E-state index in [-0.39, 0.29) is 6.54 Å². The second-order valence-electron chi connectivity index (χ2n) is 9.69.